The Morgan fingerprint density at radius 1 is 1.39 bits per heavy atom. The molecule has 2 aromatic rings. The zero-order valence-electron chi connectivity index (χ0n) is 13.4. The number of carbonyl (C=O) groups is 1. The fourth-order valence-electron chi connectivity index (χ4n) is 3.13. The molecule has 23 heavy (non-hydrogen) atoms. The fourth-order valence-corrected chi connectivity index (χ4v) is 4.02. The third kappa shape index (κ3) is 3.87. The van der Waals surface area contributed by atoms with Crippen LogP contribution < -0.4 is 10.6 Å². The number of fused-ring (bicyclic) bond motifs is 1. The third-order valence-corrected chi connectivity index (χ3v) is 5.48. The Morgan fingerprint density at radius 3 is 2.96 bits per heavy atom. The second kappa shape index (κ2) is 6.93. The van der Waals surface area contributed by atoms with Crippen molar-refractivity contribution in [3.8, 4) is 0 Å². The number of halogens is 1. The van der Waals surface area contributed by atoms with Gasteiger partial charge in [-0.1, -0.05) is 31.1 Å². The fraction of sp³-hybridized carbons (Fsp3) is 0.529. The summed E-state index contributed by atoms with van der Waals surface area (Å²) in [5.74, 6) is 0.215. The molecule has 0 saturated heterocycles. The van der Waals surface area contributed by atoms with Gasteiger partial charge in [-0.2, -0.15) is 0 Å². The molecule has 1 aromatic heterocycles. The van der Waals surface area contributed by atoms with E-state index in [1.54, 1.807) is 6.07 Å². The van der Waals surface area contributed by atoms with Gasteiger partial charge in [-0.05, 0) is 43.9 Å². The first kappa shape index (κ1) is 16.3. The van der Waals surface area contributed by atoms with E-state index in [1.807, 2.05) is 6.92 Å². The molecule has 1 aliphatic carbocycles. The summed E-state index contributed by atoms with van der Waals surface area (Å²) in [5.41, 5.74) is 0.702. The average molecular weight is 335 g/mol. The Hall–Kier alpha value is -1.53. The van der Waals surface area contributed by atoms with Gasteiger partial charge in [0.15, 0.2) is 5.13 Å². The van der Waals surface area contributed by atoms with Crippen molar-refractivity contribution in [3.63, 3.8) is 0 Å². The molecule has 0 radical (unpaired) electrons. The molecule has 4 nitrogen and oxygen atoms in total. The maximum atomic E-state index is 13.2. The summed E-state index contributed by atoms with van der Waals surface area (Å²) in [5, 5.41) is 6.79. The van der Waals surface area contributed by atoms with Crippen LogP contribution in [0.3, 0.4) is 0 Å². The Labute approximate surface area is 139 Å². The van der Waals surface area contributed by atoms with Crippen LogP contribution in [-0.2, 0) is 4.79 Å². The van der Waals surface area contributed by atoms with Crippen LogP contribution in [0.4, 0.5) is 9.52 Å². The normalized spacial score (nSPS) is 22.9. The van der Waals surface area contributed by atoms with Crippen LogP contribution in [0.1, 0.15) is 39.5 Å². The van der Waals surface area contributed by atoms with Crippen LogP contribution in [0.15, 0.2) is 18.2 Å². The molecular formula is C17H22FN3OS. The molecule has 1 aromatic carbocycles. The number of nitrogens with one attached hydrogen (secondary N) is 2. The first-order chi connectivity index (χ1) is 11.0. The van der Waals surface area contributed by atoms with Gasteiger partial charge in [0, 0.05) is 6.04 Å². The van der Waals surface area contributed by atoms with Crippen LogP contribution >= 0.6 is 11.3 Å². The number of thiazole rings is 1. The number of nitrogens with zero attached hydrogens (tertiary/aromatic N) is 1. The van der Waals surface area contributed by atoms with Crippen molar-refractivity contribution in [1.29, 1.82) is 0 Å². The summed E-state index contributed by atoms with van der Waals surface area (Å²) in [6, 6.07) is 4.57. The summed E-state index contributed by atoms with van der Waals surface area (Å²) < 4.78 is 14.0. The quantitative estimate of drug-likeness (QED) is 0.890. The number of hydrogen-bond donors (Lipinski definition) is 2. The van der Waals surface area contributed by atoms with Crippen molar-refractivity contribution in [2.75, 3.05) is 5.32 Å². The summed E-state index contributed by atoms with van der Waals surface area (Å²) in [4.78, 5) is 16.7. The lowest BCUT2D eigenvalue weighted by Crippen LogP contribution is -2.47. The molecule has 0 aliphatic heterocycles. The molecular weight excluding hydrogens is 313 g/mol. The Morgan fingerprint density at radius 2 is 2.17 bits per heavy atom. The highest BCUT2D eigenvalue weighted by atomic mass is 32.1. The van der Waals surface area contributed by atoms with E-state index in [0.717, 1.165) is 11.1 Å². The first-order valence-electron chi connectivity index (χ1n) is 8.16. The number of amides is 1. The van der Waals surface area contributed by atoms with Crippen LogP contribution in [0.25, 0.3) is 10.2 Å². The monoisotopic (exact) mass is 335 g/mol. The molecule has 1 saturated carbocycles. The van der Waals surface area contributed by atoms with E-state index in [-0.39, 0.29) is 17.8 Å². The van der Waals surface area contributed by atoms with Gasteiger partial charge in [0.25, 0.3) is 0 Å². The molecule has 0 spiro atoms. The molecule has 1 heterocycles. The maximum Gasteiger partial charge on any atom is 0.243 e. The smallest absolute Gasteiger partial charge is 0.243 e. The molecule has 1 aliphatic rings. The standard InChI is InChI=1S/C17H22FN3OS/c1-10-5-3-4-6-13(10)19-11(2)16(22)21-17-20-14-8-7-12(18)9-15(14)23-17/h7-11,13,19H,3-6H2,1-2H3,(H,20,21,22). The summed E-state index contributed by atoms with van der Waals surface area (Å²) >= 11 is 1.29. The summed E-state index contributed by atoms with van der Waals surface area (Å²) in [6.07, 6.45) is 4.84. The molecule has 6 heteroatoms. The van der Waals surface area contributed by atoms with Crippen molar-refractivity contribution in [2.24, 2.45) is 5.92 Å². The highest BCUT2D eigenvalue weighted by Crippen LogP contribution is 2.27. The van der Waals surface area contributed by atoms with Gasteiger partial charge in [0.05, 0.1) is 16.3 Å². The Bertz CT molecular complexity index is 702. The van der Waals surface area contributed by atoms with E-state index in [1.165, 1.54) is 42.7 Å². The van der Waals surface area contributed by atoms with Crippen LogP contribution in [-0.4, -0.2) is 23.0 Å². The van der Waals surface area contributed by atoms with Crippen LogP contribution in [0.5, 0.6) is 0 Å². The van der Waals surface area contributed by atoms with E-state index in [2.05, 4.69) is 22.5 Å². The molecule has 1 amide bonds. The topological polar surface area (TPSA) is 54.0 Å². The Kier molecular flexibility index (Phi) is 4.92. The van der Waals surface area contributed by atoms with E-state index in [4.69, 9.17) is 0 Å². The number of hydrogen-bond acceptors (Lipinski definition) is 4. The minimum atomic E-state index is -0.291. The van der Waals surface area contributed by atoms with Crippen molar-refractivity contribution in [1.82, 2.24) is 10.3 Å². The van der Waals surface area contributed by atoms with E-state index >= 15 is 0 Å². The molecule has 124 valence electrons. The van der Waals surface area contributed by atoms with E-state index in [9.17, 15) is 9.18 Å². The second-order valence-corrected chi connectivity index (χ2v) is 7.41. The van der Waals surface area contributed by atoms with Gasteiger partial charge in [-0.15, -0.1) is 0 Å². The number of carbonyl (C=O) groups excluding carboxylic acids is 1. The molecule has 2 N–H and O–H groups in total. The van der Waals surface area contributed by atoms with E-state index < -0.39 is 0 Å². The third-order valence-electron chi connectivity index (χ3n) is 4.55. The Balaban J connectivity index is 1.62. The number of rotatable bonds is 4. The lowest BCUT2D eigenvalue weighted by molar-refractivity contribution is -0.118. The molecule has 3 rings (SSSR count). The highest BCUT2D eigenvalue weighted by molar-refractivity contribution is 7.22. The van der Waals surface area contributed by atoms with Gasteiger partial charge in [-0.3, -0.25) is 4.79 Å². The molecule has 3 atom stereocenters. The van der Waals surface area contributed by atoms with Crippen molar-refractivity contribution < 1.29 is 9.18 Å². The molecule has 3 unspecified atom stereocenters. The number of benzene rings is 1. The van der Waals surface area contributed by atoms with Crippen molar-refractivity contribution in [2.45, 2.75) is 51.6 Å². The van der Waals surface area contributed by atoms with Gasteiger partial charge in [-0.25, -0.2) is 9.37 Å². The average Bonchev–Trinajstić information content (AvgIpc) is 2.90. The van der Waals surface area contributed by atoms with E-state index in [0.29, 0.717) is 22.6 Å². The zero-order chi connectivity index (χ0) is 16.4. The van der Waals surface area contributed by atoms with Gasteiger partial charge < -0.3 is 10.6 Å². The first-order valence-corrected chi connectivity index (χ1v) is 8.97. The summed E-state index contributed by atoms with van der Waals surface area (Å²) in [7, 11) is 0. The SMILES string of the molecule is CC(NC1CCCCC1C)C(=O)Nc1nc2ccc(F)cc2s1. The second-order valence-electron chi connectivity index (χ2n) is 6.38. The predicted molar refractivity (Wildman–Crippen MR) is 92.2 cm³/mol. The highest BCUT2D eigenvalue weighted by Gasteiger charge is 2.25. The molecule has 0 bridgehead atoms. The van der Waals surface area contributed by atoms with Gasteiger partial charge in [0.1, 0.15) is 5.82 Å². The maximum absolute atomic E-state index is 13.2. The molecule has 1 fully saturated rings. The largest absolute Gasteiger partial charge is 0.303 e. The van der Waals surface area contributed by atoms with Crippen LogP contribution in [0, 0.1) is 11.7 Å². The summed E-state index contributed by atoms with van der Waals surface area (Å²) in [6.45, 7) is 4.12. The number of aromatic nitrogens is 1. The zero-order valence-corrected chi connectivity index (χ0v) is 14.3. The minimum absolute atomic E-state index is 0.0951. The van der Waals surface area contributed by atoms with Crippen molar-refractivity contribution in [3.05, 3.63) is 24.0 Å². The minimum Gasteiger partial charge on any atom is -0.303 e. The number of anilines is 1. The predicted octanol–water partition coefficient (Wildman–Crippen LogP) is 3.93. The van der Waals surface area contributed by atoms with Crippen molar-refractivity contribution >= 4 is 32.6 Å². The lowest BCUT2D eigenvalue weighted by Gasteiger charge is -2.31. The lowest BCUT2D eigenvalue weighted by atomic mass is 9.85. The van der Waals surface area contributed by atoms with Gasteiger partial charge >= 0.3 is 0 Å². The van der Waals surface area contributed by atoms with Gasteiger partial charge in [0.2, 0.25) is 5.91 Å². The van der Waals surface area contributed by atoms with Crippen LogP contribution in [0.2, 0.25) is 0 Å².